The second-order valence-electron chi connectivity index (χ2n) is 7.18. The van der Waals surface area contributed by atoms with Crippen molar-refractivity contribution >= 4 is 11.9 Å². The molecule has 27 heavy (non-hydrogen) atoms. The molecule has 1 aromatic carbocycles. The van der Waals surface area contributed by atoms with Gasteiger partial charge in [-0.1, -0.05) is 29.8 Å². The van der Waals surface area contributed by atoms with Gasteiger partial charge in [0.1, 0.15) is 0 Å². The van der Waals surface area contributed by atoms with Crippen LogP contribution in [0.1, 0.15) is 28.3 Å². The molecule has 0 spiro atoms. The molecular formula is C21H22N4O2. The summed E-state index contributed by atoms with van der Waals surface area (Å²) in [6, 6.07) is 9.30. The molecule has 4 rings (SSSR count). The van der Waals surface area contributed by atoms with Crippen LogP contribution in [0.3, 0.4) is 0 Å². The molecule has 2 aliphatic heterocycles. The van der Waals surface area contributed by atoms with Crippen molar-refractivity contribution in [1.82, 2.24) is 20.1 Å². The fourth-order valence-electron chi connectivity index (χ4n) is 3.85. The minimum Gasteiger partial charge on any atom is -0.329 e. The highest BCUT2D eigenvalue weighted by atomic mass is 16.2. The molecular weight excluding hydrogens is 340 g/mol. The van der Waals surface area contributed by atoms with Crippen molar-refractivity contribution in [3.63, 3.8) is 0 Å². The molecule has 2 aliphatic rings. The zero-order chi connectivity index (χ0) is 19.1. The molecule has 1 atom stereocenters. The topological polar surface area (TPSA) is 65.5 Å². The second kappa shape index (κ2) is 6.54. The van der Waals surface area contributed by atoms with Crippen LogP contribution in [0.2, 0.25) is 0 Å². The van der Waals surface area contributed by atoms with Crippen molar-refractivity contribution in [3.05, 3.63) is 76.2 Å². The molecule has 3 amide bonds. The van der Waals surface area contributed by atoms with E-state index in [1.54, 1.807) is 29.2 Å². The quantitative estimate of drug-likeness (QED) is 0.913. The lowest BCUT2D eigenvalue weighted by Gasteiger charge is -2.31. The van der Waals surface area contributed by atoms with E-state index in [0.717, 1.165) is 28.0 Å². The molecule has 3 heterocycles. The number of carbonyl (C=O) groups is 2. The number of likely N-dealkylation sites (N-methyl/N-ethyl adjacent to an activating group) is 1. The summed E-state index contributed by atoms with van der Waals surface area (Å²) >= 11 is 0. The van der Waals surface area contributed by atoms with Crippen LogP contribution in [-0.4, -0.2) is 40.3 Å². The molecule has 0 saturated heterocycles. The normalized spacial score (nSPS) is 19.4. The molecule has 6 nitrogen and oxygen atoms in total. The fraction of sp³-hybridized carbons (Fsp3) is 0.286. The first kappa shape index (κ1) is 17.3. The van der Waals surface area contributed by atoms with Crippen LogP contribution < -0.4 is 5.32 Å². The minimum absolute atomic E-state index is 0.0364. The number of aryl methyl sites for hydroxylation is 2. The molecule has 138 valence electrons. The standard InChI is InChI=1S/C21H22N4O2/c1-13-6-7-16(14(2)9-13)19-18-17(24(3)21(27)23-19)12-25(20(18)26)11-15-5-4-8-22-10-15/h4-10,19H,11-12H2,1-3H3,(H,23,27)/t19-/m1/s1. The fourth-order valence-corrected chi connectivity index (χ4v) is 3.85. The summed E-state index contributed by atoms with van der Waals surface area (Å²) in [4.78, 5) is 33.2. The van der Waals surface area contributed by atoms with E-state index in [1.807, 2.05) is 38.1 Å². The van der Waals surface area contributed by atoms with Crippen molar-refractivity contribution in [3.8, 4) is 0 Å². The van der Waals surface area contributed by atoms with Crippen LogP contribution >= 0.6 is 0 Å². The summed E-state index contributed by atoms with van der Waals surface area (Å²) in [6.07, 6.45) is 3.48. The van der Waals surface area contributed by atoms with E-state index in [0.29, 0.717) is 18.7 Å². The maximum absolute atomic E-state index is 13.2. The van der Waals surface area contributed by atoms with Crippen molar-refractivity contribution in [2.24, 2.45) is 0 Å². The zero-order valence-corrected chi connectivity index (χ0v) is 15.7. The molecule has 6 heteroatoms. The van der Waals surface area contributed by atoms with Crippen LogP contribution in [0.5, 0.6) is 0 Å². The third-order valence-corrected chi connectivity index (χ3v) is 5.27. The summed E-state index contributed by atoms with van der Waals surface area (Å²) in [5.74, 6) is -0.0364. The lowest BCUT2D eigenvalue weighted by molar-refractivity contribution is -0.126. The van der Waals surface area contributed by atoms with E-state index in [1.165, 1.54) is 0 Å². The number of hydrogen-bond acceptors (Lipinski definition) is 3. The van der Waals surface area contributed by atoms with E-state index in [2.05, 4.69) is 16.4 Å². The van der Waals surface area contributed by atoms with E-state index in [-0.39, 0.29) is 11.9 Å². The molecule has 2 aromatic rings. The van der Waals surface area contributed by atoms with Gasteiger partial charge in [0.05, 0.1) is 23.9 Å². The number of nitrogens with one attached hydrogen (secondary N) is 1. The Kier molecular flexibility index (Phi) is 4.18. The number of carbonyl (C=O) groups excluding carboxylic acids is 2. The highest BCUT2D eigenvalue weighted by Crippen LogP contribution is 2.37. The predicted octanol–water partition coefficient (Wildman–Crippen LogP) is 2.69. The Hall–Kier alpha value is -3.15. The first-order valence-corrected chi connectivity index (χ1v) is 8.98. The molecule has 0 saturated carbocycles. The summed E-state index contributed by atoms with van der Waals surface area (Å²) in [5, 5.41) is 3.00. The number of hydrogen-bond donors (Lipinski definition) is 1. The van der Waals surface area contributed by atoms with Crippen LogP contribution in [-0.2, 0) is 11.3 Å². The average Bonchev–Trinajstić information content (AvgIpc) is 2.96. The van der Waals surface area contributed by atoms with Crippen LogP contribution in [0, 0.1) is 13.8 Å². The van der Waals surface area contributed by atoms with Gasteiger partial charge in [-0.25, -0.2) is 4.79 Å². The number of urea groups is 1. The molecule has 1 N–H and O–H groups in total. The summed E-state index contributed by atoms with van der Waals surface area (Å²) in [5.41, 5.74) is 5.59. The van der Waals surface area contributed by atoms with Crippen molar-refractivity contribution in [2.75, 3.05) is 13.6 Å². The largest absolute Gasteiger partial charge is 0.329 e. The Morgan fingerprint density at radius 1 is 1.22 bits per heavy atom. The lowest BCUT2D eigenvalue weighted by Crippen LogP contribution is -2.45. The maximum atomic E-state index is 13.2. The van der Waals surface area contributed by atoms with Gasteiger partial charge in [-0.15, -0.1) is 0 Å². The number of nitrogens with zero attached hydrogens (tertiary/aromatic N) is 3. The van der Waals surface area contributed by atoms with Gasteiger partial charge in [0.25, 0.3) is 5.91 Å². The Balaban J connectivity index is 1.71. The number of benzene rings is 1. The third kappa shape index (κ3) is 2.97. The Morgan fingerprint density at radius 2 is 2.04 bits per heavy atom. The number of amides is 3. The molecule has 0 fully saturated rings. The van der Waals surface area contributed by atoms with Gasteiger partial charge < -0.3 is 10.2 Å². The van der Waals surface area contributed by atoms with E-state index in [9.17, 15) is 9.59 Å². The van der Waals surface area contributed by atoms with Crippen molar-refractivity contribution in [1.29, 1.82) is 0 Å². The Morgan fingerprint density at radius 3 is 2.74 bits per heavy atom. The SMILES string of the molecule is Cc1ccc([C@H]2NC(=O)N(C)C3=C2C(=O)N(Cc2cccnc2)C3)c(C)c1. The molecule has 0 bridgehead atoms. The average molecular weight is 362 g/mol. The van der Waals surface area contributed by atoms with Crippen LogP contribution in [0.25, 0.3) is 0 Å². The Labute approximate surface area is 158 Å². The van der Waals surface area contributed by atoms with Crippen molar-refractivity contribution < 1.29 is 9.59 Å². The Bertz CT molecular complexity index is 952. The molecule has 1 aromatic heterocycles. The monoisotopic (exact) mass is 362 g/mol. The first-order valence-electron chi connectivity index (χ1n) is 8.98. The van der Waals surface area contributed by atoms with Crippen molar-refractivity contribution in [2.45, 2.75) is 26.4 Å². The number of rotatable bonds is 3. The van der Waals surface area contributed by atoms with Gasteiger partial charge in [-0.05, 0) is 36.6 Å². The first-order chi connectivity index (χ1) is 13.0. The van der Waals surface area contributed by atoms with Crippen LogP contribution in [0.4, 0.5) is 4.79 Å². The smallest absolute Gasteiger partial charge is 0.322 e. The minimum atomic E-state index is -0.421. The second-order valence-corrected chi connectivity index (χ2v) is 7.18. The number of pyridine rings is 1. The van der Waals surface area contributed by atoms with Gasteiger partial charge in [-0.2, -0.15) is 0 Å². The summed E-state index contributed by atoms with van der Waals surface area (Å²) < 4.78 is 0. The van der Waals surface area contributed by atoms with Gasteiger partial charge in [0, 0.05) is 26.0 Å². The summed E-state index contributed by atoms with van der Waals surface area (Å²) in [6.45, 7) is 4.95. The molecule has 0 radical (unpaired) electrons. The highest BCUT2D eigenvalue weighted by molar-refractivity contribution is 6.01. The summed E-state index contributed by atoms with van der Waals surface area (Å²) in [7, 11) is 1.71. The zero-order valence-electron chi connectivity index (χ0n) is 15.7. The van der Waals surface area contributed by atoms with E-state index < -0.39 is 6.04 Å². The third-order valence-electron chi connectivity index (χ3n) is 5.27. The van der Waals surface area contributed by atoms with E-state index in [4.69, 9.17) is 0 Å². The van der Waals surface area contributed by atoms with Gasteiger partial charge in [0.2, 0.25) is 0 Å². The number of aromatic nitrogens is 1. The van der Waals surface area contributed by atoms with Gasteiger partial charge in [0.15, 0.2) is 0 Å². The predicted molar refractivity (Wildman–Crippen MR) is 102 cm³/mol. The molecule has 0 aliphatic carbocycles. The maximum Gasteiger partial charge on any atom is 0.322 e. The van der Waals surface area contributed by atoms with E-state index >= 15 is 0 Å². The van der Waals surface area contributed by atoms with Gasteiger partial charge in [-0.3, -0.25) is 14.7 Å². The lowest BCUT2D eigenvalue weighted by atomic mass is 9.91. The van der Waals surface area contributed by atoms with Gasteiger partial charge >= 0.3 is 6.03 Å². The molecule has 0 unspecified atom stereocenters. The highest BCUT2D eigenvalue weighted by Gasteiger charge is 2.43. The van der Waals surface area contributed by atoms with Crippen LogP contribution in [0.15, 0.2) is 54.0 Å².